The van der Waals surface area contributed by atoms with Crippen molar-refractivity contribution < 1.29 is 9.18 Å². The van der Waals surface area contributed by atoms with Crippen molar-refractivity contribution in [3.63, 3.8) is 0 Å². The zero-order valence-electron chi connectivity index (χ0n) is 11.8. The van der Waals surface area contributed by atoms with Crippen LogP contribution in [0.25, 0.3) is 0 Å². The molecule has 0 spiro atoms. The van der Waals surface area contributed by atoms with Crippen molar-refractivity contribution in [3.05, 3.63) is 53.9 Å². The molecule has 0 aliphatic carbocycles. The molecular weight excluding hydrogens is 269 g/mol. The van der Waals surface area contributed by atoms with Crippen LogP contribution in [0.3, 0.4) is 0 Å². The van der Waals surface area contributed by atoms with E-state index in [4.69, 9.17) is 0 Å². The molecule has 1 unspecified atom stereocenters. The lowest BCUT2D eigenvalue weighted by atomic mass is 10.0. The van der Waals surface area contributed by atoms with E-state index in [0.29, 0.717) is 12.8 Å². The van der Waals surface area contributed by atoms with Gasteiger partial charge in [-0.2, -0.15) is 0 Å². The highest BCUT2D eigenvalue weighted by molar-refractivity contribution is 5.76. The number of carbonyl (C=O) groups is 1. The minimum Gasteiger partial charge on any atom is -0.353 e. The molecule has 5 heteroatoms. The topological polar surface area (TPSA) is 46.9 Å². The highest BCUT2D eigenvalue weighted by atomic mass is 19.1. The quantitative estimate of drug-likeness (QED) is 0.936. The lowest BCUT2D eigenvalue weighted by Crippen LogP contribution is -2.40. The lowest BCUT2D eigenvalue weighted by Gasteiger charge is -2.24. The molecule has 21 heavy (non-hydrogen) atoms. The molecule has 3 rings (SSSR count). The molecule has 2 heterocycles. The molecule has 1 aliphatic heterocycles. The Labute approximate surface area is 123 Å². The Morgan fingerprint density at radius 3 is 3.00 bits per heavy atom. The molecule has 0 saturated heterocycles. The Morgan fingerprint density at radius 2 is 2.19 bits per heavy atom. The summed E-state index contributed by atoms with van der Waals surface area (Å²) in [6.07, 6.45) is 6.53. The first kappa shape index (κ1) is 13.8. The van der Waals surface area contributed by atoms with E-state index < -0.39 is 0 Å². The molecule has 0 bridgehead atoms. The van der Waals surface area contributed by atoms with Crippen LogP contribution in [0.15, 0.2) is 36.8 Å². The van der Waals surface area contributed by atoms with Crippen LogP contribution in [0.2, 0.25) is 0 Å². The third-order valence-corrected chi connectivity index (χ3v) is 3.89. The number of nitrogens with one attached hydrogen (secondary N) is 1. The smallest absolute Gasteiger partial charge is 0.220 e. The fourth-order valence-electron chi connectivity index (χ4n) is 2.70. The maximum Gasteiger partial charge on any atom is 0.220 e. The number of imidazole rings is 1. The number of carbonyl (C=O) groups excluding carboxylic acids is 1. The molecule has 0 fully saturated rings. The number of amides is 1. The lowest BCUT2D eigenvalue weighted by molar-refractivity contribution is -0.121. The monoisotopic (exact) mass is 287 g/mol. The van der Waals surface area contributed by atoms with Crippen LogP contribution in [-0.4, -0.2) is 21.5 Å². The van der Waals surface area contributed by atoms with Crippen LogP contribution in [0.1, 0.15) is 24.1 Å². The summed E-state index contributed by atoms with van der Waals surface area (Å²) in [7, 11) is 0. The summed E-state index contributed by atoms with van der Waals surface area (Å²) in [4.78, 5) is 16.1. The second kappa shape index (κ2) is 6.08. The number of rotatable bonds is 4. The third kappa shape index (κ3) is 3.48. The Balaban J connectivity index is 1.47. The molecule has 1 amide bonds. The minimum absolute atomic E-state index is 0.0530. The molecule has 1 aromatic carbocycles. The maximum absolute atomic E-state index is 12.8. The van der Waals surface area contributed by atoms with Crippen LogP contribution in [0, 0.1) is 5.82 Å². The number of benzene rings is 1. The molecule has 1 N–H and O–H groups in total. The number of aromatic nitrogens is 2. The second-order valence-corrected chi connectivity index (χ2v) is 5.46. The molecule has 0 saturated carbocycles. The van der Waals surface area contributed by atoms with Gasteiger partial charge >= 0.3 is 0 Å². The predicted molar refractivity (Wildman–Crippen MR) is 77.2 cm³/mol. The van der Waals surface area contributed by atoms with E-state index in [1.54, 1.807) is 12.1 Å². The fraction of sp³-hybridized carbons (Fsp3) is 0.375. The van der Waals surface area contributed by atoms with E-state index >= 15 is 0 Å². The Kier molecular flexibility index (Phi) is 3.99. The normalized spacial score (nSPS) is 17.3. The number of nitrogens with zero attached hydrogens (tertiary/aromatic N) is 2. The van der Waals surface area contributed by atoms with E-state index in [1.807, 2.05) is 12.5 Å². The van der Waals surface area contributed by atoms with Crippen molar-refractivity contribution in [2.75, 3.05) is 0 Å². The molecule has 1 aliphatic rings. The highest BCUT2D eigenvalue weighted by Gasteiger charge is 2.19. The molecule has 4 nitrogen and oxygen atoms in total. The standard InChI is InChI=1S/C16H18FN3O/c17-13-4-1-12(2-5-13)3-6-16(21)19-14-7-8-20-11-18-10-15(20)9-14/h1-2,4-5,10-11,14H,3,6-9H2,(H,19,21). The van der Waals surface area contributed by atoms with Gasteiger partial charge in [-0.15, -0.1) is 0 Å². The van der Waals surface area contributed by atoms with Gasteiger partial charge in [0.1, 0.15) is 5.82 Å². The van der Waals surface area contributed by atoms with Crippen molar-refractivity contribution in [1.29, 1.82) is 0 Å². The first-order chi connectivity index (χ1) is 10.2. The Bertz CT molecular complexity index is 621. The number of halogens is 1. The summed E-state index contributed by atoms with van der Waals surface area (Å²) >= 11 is 0. The molecule has 110 valence electrons. The fourth-order valence-corrected chi connectivity index (χ4v) is 2.70. The van der Waals surface area contributed by atoms with Gasteiger partial charge in [-0.25, -0.2) is 9.37 Å². The first-order valence-corrected chi connectivity index (χ1v) is 7.23. The number of aryl methyl sites for hydroxylation is 2. The van der Waals surface area contributed by atoms with Gasteiger partial charge in [0.05, 0.1) is 6.33 Å². The van der Waals surface area contributed by atoms with Crippen LogP contribution in [0.4, 0.5) is 4.39 Å². The summed E-state index contributed by atoms with van der Waals surface area (Å²) < 4.78 is 14.9. The van der Waals surface area contributed by atoms with E-state index in [0.717, 1.165) is 24.9 Å². The van der Waals surface area contributed by atoms with E-state index in [-0.39, 0.29) is 17.8 Å². The van der Waals surface area contributed by atoms with Crippen molar-refractivity contribution >= 4 is 5.91 Å². The van der Waals surface area contributed by atoms with Crippen LogP contribution < -0.4 is 5.32 Å². The summed E-state index contributed by atoms with van der Waals surface area (Å²) in [5.41, 5.74) is 2.15. The van der Waals surface area contributed by atoms with E-state index in [1.165, 1.54) is 17.8 Å². The minimum atomic E-state index is -0.248. The SMILES string of the molecule is O=C(CCc1ccc(F)cc1)NC1CCn2cncc2C1. The second-order valence-electron chi connectivity index (χ2n) is 5.46. The average molecular weight is 287 g/mol. The molecule has 1 aromatic heterocycles. The predicted octanol–water partition coefficient (Wildman–Crippen LogP) is 2.09. The third-order valence-electron chi connectivity index (χ3n) is 3.89. The van der Waals surface area contributed by atoms with Gasteiger partial charge in [0.2, 0.25) is 5.91 Å². The van der Waals surface area contributed by atoms with Gasteiger partial charge in [0, 0.05) is 37.3 Å². The number of fused-ring (bicyclic) bond motifs is 1. The van der Waals surface area contributed by atoms with Crippen molar-refractivity contribution in [1.82, 2.24) is 14.9 Å². The zero-order chi connectivity index (χ0) is 14.7. The first-order valence-electron chi connectivity index (χ1n) is 7.23. The van der Waals surface area contributed by atoms with Crippen molar-refractivity contribution in [3.8, 4) is 0 Å². The largest absolute Gasteiger partial charge is 0.353 e. The van der Waals surface area contributed by atoms with Crippen LogP contribution in [-0.2, 0) is 24.2 Å². The Hall–Kier alpha value is -2.17. The zero-order valence-corrected chi connectivity index (χ0v) is 11.8. The van der Waals surface area contributed by atoms with Gasteiger partial charge in [-0.3, -0.25) is 4.79 Å². The van der Waals surface area contributed by atoms with E-state index in [9.17, 15) is 9.18 Å². The number of hydrogen-bond acceptors (Lipinski definition) is 2. The van der Waals surface area contributed by atoms with Gasteiger partial charge in [-0.05, 0) is 30.5 Å². The van der Waals surface area contributed by atoms with Gasteiger partial charge in [-0.1, -0.05) is 12.1 Å². The molecule has 1 atom stereocenters. The van der Waals surface area contributed by atoms with Gasteiger partial charge in [0.25, 0.3) is 0 Å². The summed E-state index contributed by atoms with van der Waals surface area (Å²) in [6.45, 7) is 0.901. The summed E-state index contributed by atoms with van der Waals surface area (Å²) in [5.74, 6) is -0.195. The van der Waals surface area contributed by atoms with Gasteiger partial charge < -0.3 is 9.88 Å². The molecular formula is C16H18FN3O. The molecule has 2 aromatic rings. The van der Waals surface area contributed by atoms with Crippen LogP contribution in [0.5, 0.6) is 0 Å². The Morgan fingerprint density at radius 1 is 1.38 bits per heavy atom. The van der Waals surface area contributed by atoms with Crippen LogP contribution >= 0.6 is 0 Å². The average Bonchev–Trinajstić information content (AvgIpc) is 2.94. The van der Waals surface area contributed by atoms with Gasteiger partial charge in [0.15, 0.2) is 0 Å². The highest BCUT2D eigenvalue weighted by Crippen LogP contribution is 2.14. The maximum atomic E-state index is 12.8. The molecule has 0 radical (unpaired) electrons. The summed E-state index contributed by atoms with van der Waals surface area (Å²) in [5, 5.41) is 3.08. The van der Waals surface area contributed by atoms with Crippen molar-refractivity contribution in [2.24, 2.45) is 0 Å². The van der Waals surface area contributed by atoms with Crippen molar-refractivity contribution in [2.45, 2.75) is 38.3 Å². The summed E-state index contributed by atoms with van der Waals surface area (Å²) in [6, 6.07) is 6.49. The number of hydrogen-bond donors (Lipinski definition) is 1. The van der Waals surface area contributed by atoms with E-state index in [2.05, 4.69) is 14.9 Å².